The van der Waals surface area contributed by atoms with Crippen molar-refractivity contribution < 1.29 is 0 Å². The SMILES string of the molecule is CN=C(NCCc1cccs1)NCC(c1ccc(Cl)cc1)N(C)C.I. The van der Waals surface area contributed by atoms with Gasteiger partial charge < -0.3 is 15.5 Å². The normalized spacial score (nSPS) is 12.6. The van der Waals surface area contributed by atoms with E-state index in [2.05, 4.69) is 64.3 Å². The molecule has 4 nitrogen and oxygen atoms in total. The van der Waals surface area contributed by atoms with E-state index < -0.39 is 0 Å². The highest BCUT2D eigenvalue weighted by Gasteiger charge is 2.14. The second-order valence-electron chi connectivity index (χ2n) is 5.74. The van der Waals surface area contributed by atoms with Gasteiger partial charge in [0, 0.05) is 30.0 Å². The van der Waals surface area contributed by atoms with Gasteiger partial charge in [0.1, 0.15) is 0 Å². The van der Waals surface area contributed by atoms with Crippen molar-refractivity contribution in [3.8, 4) is 0 Å². The number of halogens is 2. The number of nitrogens with zero attached hydrogens (tertiary/aromatic N) is 2. The molecule has 0 amide bonds. The van der Waals surface area contributed by atoms with Crippen molar-refractivity contribution in [3.63, 3.8) is 0 Å². The Morgan fingerprint density at radius 1 is 1.20 bits per heavy atom. The Morgan fingerprint density at radius 3 is 2.48 bits per heavy atom. The summed E-state index contributed by atoms with van der Waals surface area (Å²) in [5.74, 6) is 0.826. The van der Waals surface area contributed by atoms with Crippen molar-refractivity contribution in [3.05, 3.63) is 57.2 Å². The smallest absolute Gasteiger partial charge is 0.191 e. The van der Waals surface area contributed by atoms with Crippen LogP contribution in [0, 0.1) is 0 Å². The number of thiophene rings is 1. The zero-order valence-corrected chi connectivity index (χ0v) is 18.7. The van der Waals surface area contributed by atoms with E-state index in [9.17, 15) is 0 Å². The van der Waals surface area contributed by atoms with Crippen molar-refractivity contribution >= 4 is 52.9 Å². The van der Waals surface area contributed by atoms with Crippen LogP contribution in [0.4, 0.5) is 0 Å². The van der Waals surface area contributed by atoms with Gasteiger partial charge in [0.15, 0.2) is 5.96 Å². The van der Waals surface area contributed by atoms with Gasteiger partial charge in [-0.2, -0.15) is 0 Å². The molecular weight excluding hydrogens is 467 g/mol. The van der Waals surface area contributed by atoms with E-state index in [0.29, 0.717) is 0 Å². The van der Waals surface area contributed by atoms with Crippen molar-refractivity contribution in [1.82, 2.24) is 15.5 Å². The molecule has 1 heterocycles. The molecule has 0 fully saturated rings. The number of hydrogen-bond acceptors (Lipinski definition) is 3. The highest BCUT2D eigenvalue weighted by atomic mass is 127. The third kappa shape index (κ3) is 7.52. The molecule has 25 heavy (non-hydrogen) atoms. The summed E-state index contributed by atoms with van der Waals surface area (Å²) in [5.41, 5.74) is 1.23. The van der Waals surface area contributed by atoms with Gasteiger partial charge in [-0.05, 0) is 49.7 Å². The molecule has 0 spiro atoms. The van der Waals surface area contributed by atoms with Crippen LogP contribution >= 0.6 is 46.9 Å². The fourth-order valence-electron chi connectivity index (χ4n) is 2.46. The molecule has 7 heteroatoms. The predicted octanol–water partition coefficient (Wildman–Crippen LogP) is 4.03. The molecule has 2 aromatic rings. The average Bonchev–Trinajstić information content (AvgIpc) is 3.08. The van der Waals surface area contributed by atoms with E-state index in [-0.39, 0.29) is 30.0 Å². The number of benzene rings is 1. The lowest BCUT2D eigenvalue weighted by molar-refractivity contribution is 0.298. The van der Waals surface area contributed by atoms with Crippen LogP contribution in [0.25, 0.3) is 0 Å². The minimum Gasteiger partial charge on any atom is -0.356 e. The van der Waals surface area contributed by atoms with Crippen LogP contribution in [0.3, 0.4) is 0 Å². The van der Waals surface area contributed by atoms with Crippen LogP contribution in [0.5, 0.6) is 0 Å². The summed E-state index contributed by atoms with van der Waals surface area (Å²) in [6, 6.07) is 12.5. The molecule has 0 radical (unpaired) electrons. The summed E-state index contributed by atoms with van der Waals surface area (Å²) in [5, 5.41) is 9.65. The molecular formula is C18H26ClIN4S. The molecule has 1 unspecified atom stereocenters. The monoisotopic (exact) mass is 492 g/mol. The number of guanidine groups is 1. The molecule has 0 bridgehead atoms. The number of aliphatic imine (C=N–C) groups is 1. The second kappa shape index (κ2) is 11.7. The quantitative estimate of drug-likeness (QED) is 0.348. The molecule has 0 saturated heterocycles. The van der Waals surface area contributed by atoms with Gasteiger partial charge >= 0.3 is 0 Å². The third-order valence-electron chi connectivity index (χ3n) is 3.81. The first-order valence-corrected chi connectivity index (χ1v) is 9.24. The van der Waals surface area contributed by atoms with Crippen molar-refractivity contribution in [2.24, 2.45) is 4.99 Å². The highest BCUT2D eigenvalue weighted by molar-refractivity contribution is 14.0. The maximum Gasteiger partial charge on any atom is 0.191 e. The standard InChI is InChI=1S/C18H25ClN4S.HI/c1-20-18(21-11-10-16-5-4-12-24-16)22-13-17(23(2)3)14-6-8-15(19)9-7-14;/h4-9,12,17H,10-11,13H2,1-3H3,(H2,20,21,22);1H. The molecule has 0 saturated carbocycles. The van der Waals surface area contributed by atoms with Gasteiger partial charge in [0.2, 0.25) is 0 Å². The lowest BCUT2D eigenvalue weighted by Gasteiger charge is -2.26. The summed E-state index contributed by atoms with van der Waals surface area (Å²) < 4.78 is 0. The minimum absolute atomic E-state index is 0. The van der Waals surface area contributed by atoms with Crippen LogP contribution in [0.2, 0.25) is 5.02 Å². The highest BCUT2D eigenvalue weighted by Crippen LogP contribution is 2.19. The first kappa shape index (κ1) is 22.2. The molecule has 2 N–H and O–H groups in total. The Morgan fingerprint density at radius 2 is 1.92 bits per heavy atom. The van der Waals surface area contributed by atoms with Gasteiger partial charge in [-0.3, -0.25) is 4.99 Å². The summed E-state index contributed by atoms with van der Waals surface area (Å²) in [6.07, 6.45) is 1.01. The molecule has 138 valence electrons. The Kier molecular flexibility index (Phi) is 10.4. The lowest BCUT2D eigenvalue weighted by Crippen LogP contribution is -2.42. The Balaban J connectivity index is 0.00000312. The summed E-state index contributed by atoms with van der Waals surface area (Å²) in [4.78, 5) is 7.87. The van der Waals surface area contributed by atoms with Gasteiger partial charge in [0.05, 0.1) is 6.04 Å². The van der Waals surface area contributed by atoms with E-state index >= 15 is 0 Å². The maximum atomic E-state index is 5.99. The minimum atomic E-state index is 0. The number of likely N-dealkylation sites (N-methyl/N-ethyl adjacent to an activating group) is 1. The average molecular weight is 493 g/mol. The fraction of sp³-hybridized carbons (Fsp3) is 0.389. The molecule has 1 aromatic heterocycles. The second-order valence-corrected chi connectivity index (χ2v) is 7.21. The van der Waals surface area contributed by atoms with E-state index in [1.54, 1.807) is 18.4 Å². The summed E-state index contributed by atoms with van der Waals surface area (Å²) in [6.45, 7) is 1.64. The predicted molar refractivity (Wildman–Crippen MR) is 121 cm³/mol. The summed E-state index contributed by atoms with van der Waals surface area (Å²) in [7, 11) is 5.95. The fourth-order valence-corrected chi connectivity index (χ4v) is 3.29. The van der Waals surface area contributed by atoms with Gasteiger partial charge in [-0.25, -0.2) is 0 Å². The first-order chi connectivity index (χ1) is 11.6. The third-order valence-corrected chi connectivity index (χ3v) is 5.00. The van der Waals surface area contributed by atoms with Crippen LogP contribution in [0.1, 0.15) is 16.5 Å². The van der Waals surface area contributed by atoms with Gasteiger partial charge in [-0.1, -0.05) is 29.8 Å². The molecule has 0 aliphatic heterocycles. The number of rotatable bonds is 7. The van der Waals surface area contributed by atoms with Crippen molar-refractivity contribution in [2.45, 2.75) is 12.5 Å². The largest absolute Gasteiger partial charge is 0.356 e. The molecule has 2 rings (SSSR count). The van der Waals surface area contributed by atoms with Crippen LogP contribution in [-0.2, 0) is 6.42 Å². The Hall–Kier alpha value is -0.830. The topological polar surface area (TPSA) is 39.7 Å². The molecule has 0 aliphatic rings. The van der Waals surface area contributed by atoms with Crippen molar-refractivity contribution in [2.75, 3.05) is 34.2 Å². The van der Waals surface area contributed by atoms with Crippen molar-refractivity contribution in [1.29, 1.82) is 0 Å². The van der Waals surface area contributed by atoms with Crippen LogP contribution < -0.4 is 10.6 Å². The molecule has 1 atom stereocenters. The zero-order chi connectivity index (χ0) is 17.4. The number of nitrogens with one attached hydrogen (secondary N) is 2. The zero-order valence-electron chi connectivity index (χ0n) is 14.8. The summed E-state index contributed by atoms with van der Waals surface area (Å²) >= 11 is 7.77. The van der Waals surface area contributed by atoms with Gasteiger partial charge in [0.25, 0.3) is 0 Å². The van der Waals surface area contributed by atoms with Gasteiger partial charge in [-0.15, -0.1) is 35.3 Å². The molecule has 0 aliphatic carbocycles. The van der Waals surface area contributed by atoms with E-state index in [0.717, 1.165) is 30.5 Å². The maximum absolute atomic E-state index is 5.99. The molecule has 1 aromatic carbocycles. The van der Waals surface area contributed by atoms with E-state index in [4.69, 9.17) is 11.6 Å². The Bertz CT molecular complexity index is 629. The Labute approximate surface area is 176 Å². The first-order valence-electron chi connectivity index (χ1n) is 7.99. The van der Waals surface area contributed by atoms with E-state index in [1.165, 1.54) is 10.4 Å². The van der Waals surface area contributed by atoms with Crippen LogP contribution in [0.15, 0.2) is 46.8 Å². The number of hydrogen-bond donors (Lipinski definition) is 2. The van der Waals surface area contributed by atoms with Crippen LogP contribution in [-0.4, -0.2) is 45.1 Å². The van der Waals surface area contributed by atoms with E-state index in [1.807, 2.05) is 12.1 Å². The lowest BCUT2D eigenvalue weighted by atomic mass is 10.1.